The predicted molar refractivity (Wildman–Crippen MR) is 125 cm³/mol. The molecule has 2 rings (SSSR count). The van der Waals surface area contributed by atoms with Crippen molar-refractivity contribution in [3.63, 3.8) is 0 Å². The molecular weight excluding hydrogens is 359 g/mol. The van der Waals surface area contributed by atoms with E-state index in [-0.39, 0.29) is 11.2 Å². The van der Waals surface area contributed by atoms with Crippen LogP contribution in [0.4, 0.5) is 4.39 Å². The van der Waals surface area contributed by atoms with Gasteiger partial charge in [-0.1, -0.05) is 69.0 Å². The molecule has 0 unspecified atom stereocenters. The molecule has 0 saturated carbocycles. The number of halogens is 1. The van der Waals surface area contributed by atoms with Gasteiger partial charge in [-0.2, -0.15) is 0 Å². The second-order valence-electron chi connectivity index (χ2n) is 8.05. The minimum absolute atomic E-state index is 0.154. The van der Waals surface area contributed by atoms with Crippen molar-refractivity contribution in [2.45, 2.75) is 26.2 Å². The molecule has 0 spiro atoms. The van der Waals surface area contributed by atoms with Gasteiger partial charge in [-0.15, -0.1) is 0 Å². The van der Waals surface area contributed by atoms with Crippen LogP contribution in [0, 0.1) is 5.82 Å². The molecule has 0 bridgehead atoms. The van der Waals surface area contributed by atoms with Crippen LogP contribution in [0.2, 0.25) is 0 Å². The van der Waals surface area contributed by atoms with Gasteiger partial charge in [0.1, 0.15) is 11.7 Å². The highest BCUT2D eigenvalue weighted by Gasteiger charge is 2.23. The van der Waals surface area contributed by atoms with Gasteiger partial charge in [0, 0.05) is 26.1 Å². The summed E-state index contributed by atoms with van der Waals surface area (Å²) in [7, 11) is 3.80. The average Bonchev–Trinajstić information content (AvgIpc) is 2.68. The molecule has 0 atom stereocenters. The normalized spacial score (nSPS) is 12.3. The lowest BCUT2D eigenvalue weighted by Crippen LogP contribution is -2.37. The molecule has 0 aromatic heterocycles. The van der Waals surface area contributed by atoms with Gasteiger partial charge in [-0.3, -0.25) is 4.99 Å². The van der Waals surface area contributed by atoms with Crippen molar-refractivity contribution in [3.05, 3.63) is 96.3 Å². The third-order valence-corrected chi connectivity index (χ3v) is 5.04. The molecule has 0 heterocycles. The molecule has 2 aromatic carbocycles. The number of nitrogens with zero attached hydrogens (tertiary/aromatic N) is 2. The summed E-state index contributed by atoms with van der Waals surface area (Å²) in [4.78, 5) is 6.54. The topological polar surface area (TPSA) is 15.6 Å². The molecular formula is C26H31FN2. The lowest BCUT2D eigenvalue weighted by Gasteiger charge is -2.32. The highest BCUT2D eigenvalue weighted by Crippen LogP contribution is 2.25. The Kier molecular flexibility index (Phi) is 7.33. The number of benzene rings is 2. The molecule has 0 radical (unpaired) electrons. The van der Waals surface area contributed by atoms with Crippen molar-refractivity contribution >= 4 is 17.0 Å². The van der Waals surface area contributed by atoms with Crippen LogP contribution in [0.5, 0.6) is 0 Å². The number of hydrogen-bond acceptors (Lipinski definition) is 1. The van der Waals surface area contributed by atoms with Crippen LogP contribution in [0.1, 0.15) is 37.5 Å². The maximum atomic E-state index is 13.3. The van der Waals surface area contributed by atoms with Gasteiger partial charge in [0.25, 0.3) is 0 Å². The number of hydrogen-bond donors (Lipinski definition) is 0. The van der Waals surface area contributed by atoms with Crippen LogP contribution in [0.15, 0.2) is 78.8 Å². The zero-order valence-electron chi connectivity index (χ0n) is 18.2. The van der Waals surface area contributed by atoms with E-state index in [2.05, 4.69) is 43.0 Å². The Hall–Kier alpha value is -2.94. The Morgan fingerprint density at radius 1 is 1.07 bits per heavy atom. The predicted octanol–water partition coefficient (Wildman–Crippen LogP) is 6.37. The number of aliphatic imine (C=N–C) groups is 1. The molecule has 29 heavy (non-hydrogen) atoms. The van der Waals surface area contributed by atoms with Gasteiger partial charge in [-0.05, 0) is 53.5 Å². The summed E-state index contributed by atoms with van der Waals surface area (Å²) in [5.74, 6) is 0.642. The summed E-state index contributed by atoms with van der Waals surface area (Å²) in [5, 5.41) is 0. The van der Waals surface area contributed by atoms with Gasteiger partial charge in [0.2, 0.25) is 0 Å². The molecule has 0 saturated heterocycles. The number of allylic oxidation sites excluding steroid dienone is 3. The van der Waals surface area contributed by atoms with E-state index in [4.69, 9.17) is 0 Å². The highest BCUT2D eigenvalue weighted by molar-refractivity contribution is 5.95. The first-order valence-corrected chi connectivity index (χ1v) is 9.71. The van der Waals surface area contributed by atoms with E-state index < -0.39 is 0 Å². The van der Waals surface area contributed by atoms with Crippen molar-refractivity contribution in [2.24, 2.45) is 4.99 Å². The Bertz CT molecular complexity index is 933. The Morgan fingerprint density at radius 2 is 1.69 bits per heavy atom. The first kappa shape index (κ1) is 22.4. The van der Waals surface area contributed by atoms with Gasteiger partial charge >= 0.3 is 0 Å². The summed E-state index contributed by atoms with van der Waals surface area (Å²) < 4.78 is 13.3. The summed E-state index contributed by atoms with van der Waals surface area (Å²) in [6, 6.07) is 14.9. The molecule has 2 aromatic rings. The molecule has 2 nitrogen and oxygen atoms in total. The van der Waals surface area contributed by atoms with Crippen molar-refractivity contribution in [2.75, 3.05) is 20.6 Å². The summed E-state index contributed by atoms with van der Waals surface area (Å²) >= 11 is 0. The van der Waals surface area contributed by atoms with E-state index in [9.17, 15) is 4.39 Å². The van der Waals surface area contributed by atoms with E-state index >= 15 is 0 Å². The zero-order valence-corrected chi connectivity index (χ0v) is 18.2. The van der Waals surface area contributed by atoms with Crippen molar-refractivity contribution < 1.29 is 4.39 Å². The molecule has 3 heteroatoms. The standard InChI is InChI=1S/C26H31FN2/c1-19(2)21-9-8-10-22(17-21)20(3)11-16-25(28-6)29(7)18-26(4,5)23-12-14-24(27)15-13-23/h8-17H,1,3,18H2,2,4-7H3/b16-11-,28-25+. The van der Waals surface area contributed by atoms with Crippen LogP contribution in [0.25, 0.3) is 11.1 Å². The largest absolute Gasteiger partial charge is 0.359 e. The van der Waals surface area contributed by atoms with Gasteiger partial charge in [0.15, 0.2) is 0 Å². The Balaban J connectivity index is 2.12. The van der Waals surface area contributed by atoms with Crippen molar-refractivity contribution in [1.82, 2.24) is 4.90 Å². The first-order chi connectivity index (χ1) is 13.6. The Labute approximate surface area is 174 Å². The number of rotatable bonds is 7. The molecule has 0 aliphatic rings. The van der Waals surface area contributed by atoms with Crippen LogP contribution in [0.3, 0.4) is 0 Å². The minimum atomic E-state index is -0.217. The lowest BCUT2D eigenvalue weighted by atomic mass is 9.84. The third kappa shape index (κ3) is 6.02. The van der Waals surface area contributed by atoms with Crippen LogP contribution in [-0.4, -0.2) is 31.4 Å². The maximum Gasteiger partial charge on any atom is 0.123 e. The van der Waals surface area contributed by atoms with Gasteiger partial charge < -0.3 is 4.90 Å². The smallest absolute Gasteiger partial charge is 0.123 e. The SMILES string of the molecule is C=C(C)c1cccc(C(=C)/C=C\C(=N/C)N(C)CC(C)(C)c2ccc(F)cc2)c1. The van der Waals surface area contributed by atoms with E-state index in [0.29, 0.717) is 0 Å². The summed E-state index contributed by atoms with van der Waals surface area (Å²) in [6.07, 6.45) is 3.97. The second-order valence-corrected chi connectivity index (χ2v) is 8.05. The highest BCUT2D eigenvalue weighted by atomic mass is 19.1. The van der Waals surface area contributed by atoms with Crippen LogP contribution < -0.4 is 0 Å². The summed E-state index contributed by atoms with van der Waals surface area (Å²) in [5.41, 5.74) is 5.05. The fourth-order valence-corrected chi connectivity index (χ4v) is 3.29. The molecule has 152 valence electrons. The van der Waals surface area contributed by atoms with E-state index in [1.54, 1.807) is 7.05 Å². The van der Waals surface area contributed by atoms with E-state index in [1.807, 2.05) is 56.5 Å². The molecule has 0 aliphatic heterocycles. The fraction of sp³-hybridized carbons (Fsp3) is 0.269. The zero-order chi connectivity index (χ0) is 21.6. The van der Waals surface area contributed by atoms with Gasteiger partial charge in [-0.25, -0.2) is 4.39 Å². The third-order valence-electron chi connectivity index (χ3n) is 5.04. The number of likely N-dealkylation sites (N-methyl/N-ethyl adjacent to an activating group) is 1. The maximum absolute atomic E-state index is 13.3. The van der Waals surface area contributed by atoms with E-state index in [0.717, 1.165) is 40.2 Å². The van der Waals surface area contributed by atoms with Crippen molar-refractivity contribution in [3.8, 4) is 0 Å². The van der Waals surface area contributed by atoms with Gasteiger partial charge in [0.05, 0.1) is 0 Å². The van der Waals surface area contributed by atoms with Crippen LogP contribution in [-0.2, 0) is 5.41 Å². The van der Waals surface area contributed by atoms with E-state index in [1.165, 1.54) is 12.1 Å². The fourth-order valence-electron chi connectivity index (χ4n) is 3.29. The second kappa shape index (κ2) is 9.51. The molecule has 0 N–H and O–H groups in total. The van der Waals surface area contributed by atoms with Crippen molar-refractivity contribution in [1.29, 1.82) is 0 Å². The molecule has 0 amide bonds. The lowest BCUT2D eigenvalue weighted by molar-refractivity contribution is 0.373. The molecule has 0 aliphatic carbocycles. The summed E-state index contributed by atoms with van der Waals surface area (Å²) in [6.45, 7) is 15.2. The first-order valence-electron chi connectivity index (χ1n) is 9.71. The number of amidine groups is 1. The molecule has 0 fully saturated rings. The van der Waals surface area contributed by atoms with Crippen LogP contribution >= 0.6 is 0 Å². The average molecular weight is 391 g/mol. The monoisotopic (exact) mass is 390 g/mol. The minimum Gasteiger partial charge on any atom is -0.359 e. The quantitative estimate of drug-likeness (QED) is 0.305. The Morgan fingerprint density at radius 3 is 2.28 bits per heavy atom.